The highest BCUT2D eigenvalue weighted by molar-refractivity contribution is 6.07. The van der Waals surface area contributed by atoms with E-state index in [0.29, 0.717) is 22.9 Å². The molecule has 1 aromatic carbocycles. The summed E-state index contributed by atoms with van der Waals surface area (Å²) in [6, 6.07) is 7.60. The molecule has 1 amide bonds. The van der Waals surface area contributed by atoms with E-state index in [-0.39, 0.29) is 11.3 Å². The summed E-state index contributed by atoms with van der Waals surface area (Å²) in [6.45, 7) is 21.3. The van der Waals surface area contributed by atoms with Crippen LogP contribution < -0.4 is 10.6 Å². The summed E-state index contributed by atoms with van der Waals surface area (Å²) in [5.41, 5.74) is 6.20. The molecule has 1 atom stereocenters. The number of carbonyl (C=O) groups is 1. The first-order chi connectivity index (χ1) is 15.4. The lowest BCUT2D eigenvalue weighted by Gasteiger charge is -2.25. The first-order valence-electron chi connectivity index (χ1n) is 11.4. The second kappa shape index (κ2) is 11.2. The summed E-state index contributed by atoms with van der Waals surface area (Å²) in [5, 5.41) is 6.31. The predicted molar refractivity (Wildman–Crippen MR) is 141 cm³/mol. The number of rotatable bonds is 9. The third kappa shape index (κ3) is 7.77. The molecule has 1 unspecified atom stereocenters. The van der Waals surface area contributed by atoms with Gasteiger partial charge in [0.15, 0.2) is 0 Å². The smallest absolute Gasteiger partial charge is 0.259 e. The quantitative estimate of drug-likeness (QED) is 0.245. The number of methoxy groups -OCH3 is 1. The Balaban J connectivity index is 1.99. The molecule has 178 valence electrons. The fourth-order valence-corrected chi connectivity index (χ4v) is 3.85. The molecule has 1 aliphatic rings. The summed E-state index contributed by atoms with van der Waals surface area (Å²) in [6.07, 6.45) is 3.66. The zero-order chi connectivity index (χ0) is 24.8. The number of amides is 1. The van der Waals surface area contributed by atoms with Crippen LogP contribution >= 0.6 is 0 Å². The maximum atomic E-state index is 12.9. The molecule has 0 radical (unpaired) electrons. The largest absolute Gasteiger partial charge is 0.501 e. The summed E-state index contributed by atoms with van der Waals surface area (Å²) in [7, 11) is 1.56. The van der Waals surface area contributed by atoms with E-state index in [1.807, 2.05) is 44.2 Å². The van der Waals surface area contributed by atoms with Crippen LogP contribution in [0.3, 0.4) is 0 Å². The Morgan fingerprint density at radius 3 is 2.18 bits per heavy atom. The van der Waals surface area contributed by atoms with Crippen LogP contribution in [-0.2, 0) is 9.53 Å². The van der Waals surface area contributed by atoms with Crippen LogP contribution in [0, 0.1) is 11.3 Å². The molecule has 5 nitrogen and oxygen atoms in total. The fraction of sp³-hybridized carbons (Fsp3) is 0.429. The van der Waals surface area contributed by atoms with Crippen molar-refractivity contribution < 1.29 is 9.53 Å². The number of ether oxygens (including phenoxy) is 1. The number of anilines is 2. The number of allylic oxidation sites excluding steroid dienone is 4. The van der Waals surface area contributed by atoms with Crippen molar-refractivity contribution in [2.45, 2.75) is 54.4 Å². The van der Waals surface area contributed by atoms with E-state index in [9.17, 15) is 4.79 Å². The molecule has 0 saturated heterocycles. The molecule has 1 aliphatic heterocycles. The van der Waals surface area contributed by atoms with Crippen LogP contribution in [-0.4, -0.2) is 25.3 Å². The van der Waals surface area contributed by atoms with Crippen molar-refractivity contribution in [3.05, 3.63) is 71.7 Å². The van der Waals surface area contributed by atoms with Crippen LogP contribution in [0.25, 0.3) is 0 Å². The molecule has 0 spiro atoms. The van der Waals surface area contributed by atoms with E-state index in [2.05, 4.69) is 44.6 Å². The normalized spacial score (nSPS) is 17.1. The highest BCUT2D eigenvalue weighted by atomic mass is 16.5. The van der Waals surface area contributed by atoms with Gasteiger partial charge in [0.1, 0.15) is 5.76 Å². The number of hydrogen-bond acceptors (Lipinski definition) is 4. The monoisotopic (exact) mass is 449 g/mol. The minimum Gasteiger partial charge on any atom is -0.501 e. The van der Waals surface area contributed by atoms with Crippen molar-refractivity contribution >= 4 is 23.0 Å². The zero-order valence-corrected chi connectivity index (χ0v) is 21.3. The minimum absolute atomic E-state index is 0.220. The zero-order valence-electron chi connectivity index (χ0n) is 21.3. The second-order valence-electron chi connectivity index (χ2n) is 9.92. The molecule has 5 heteroatoms. The fourth-order valence-electron chi connectivity index (χ4n) is 3.85. The van der Waals surface area contributed by atoms with Gasteiger partial charge in [-0.15, -0.1) is 0 Å². The van der Waals surface area contributed by atoms with Crippen LogP contribution in [0.5, 0.6) is 0 Å². The molecule has 1 aromatic rings. The average Bonchev–Trinajstić information content (AvgIpc) is 3.17. The molecule has 2 rings (SSSR count). The molecule has 0 bridgehead atoms. The molecule has 0 aromatic heterocycles. The van der Waals surface area contributed by atoms with Gasteiger partial charge < -0.3 is 15.4 Å². The van der Waals surface area contributed by atoms with Gasteiger partial charge in [-0.05, 0) is 68.4 Å². The summed E-state index contributed by atoms with van der Waals surface area (Å²) in [4.78, 5) is 17.7. The molecule has 2 N–H and O–H groups in total. The van der Waals surface area contributed by atoms with Crippen molar-refractivity contribution in [2.24, 2.45) is 16.3 Å². The molecule has 0 aliphatic carbocycles. The van der Waals surface area contributed by atoms with Gasteiger partial charge in [0.05, 0.1) is 12.7 Å². The maximum absolute atomic E-state index is 12.9. The average molecular weight is 450 g/mol. The Morgan fingerprint density at radius 2 is 1.70 bits per heavy atom. The first-order valence-corrected chi connectivity index (χ1v) is 11.4. The molecular weight excluding hydrogens is 410 g/mol. The number of benzene rings is 1. The predicted octanol–water partition coefficient (Wildman–Crippen LogP) is 6.89. The molecule has 33 heavy (non-hydrogen) atoms. The number of nitrogens with zero attached hydrogens (tertiary/aromatic N) is 1. The molecule has 0 saturated carbocycles. The van der Waals surface area contributed by atoms with Gasteiger partial charge >= 0.3 is 0 Å². The summed E-state index contributed by atoms with van der Waals surface area (Å²) >= 11 is 0. The third-order valence-corrected chi connectivity index (χ3v) is 5.87. The second-order valence-corrected chi connectivity index (χ2v) is 9.92. The van der Waals surface area contributed by atoms with Gasteiger partial charge in [0.2, 0.25) is 0 Å². The lowest BCUT2D eigenvalue weighted by molar-refractivity contribution is -0.112. The van der Waals surface area contributed by atoms with E-state index < -0.39 is 0 Å². The van der Waals surface area contributed by atoms with E-state index in [4.69, 9.17) is 9.73 Å². The van der Waals surface area contributed by atoms with Crippen molar-refractivity contribution in [3.8, 4) is 0 Å². The van der Waals surface area contributed by atoms with Gasteiger partial charge in [0.25, 0.3) is 5.91 Å². The number of carbonyl (C=O) groups excluding carboxylic acids is 1. The Morgan fingerprint density at radius 1 is 1.12 bits per heavy atom. The van der Waals surface area contributed by atoms with E-state index >= 15 is 0 Å². The van der Waals surface area contributed by atoms with E-state index in [1.165, 1.54) is 5.71 Å². The van der Waals surface area contributed by atoms with Gasteiger partial charge in [-0.3, -0.25) is 9.79 Å². The Bertz CT molecular complexity index is 989. The lowest BCUT2D eigenvalue weighted by Crippen LogP contribution is -2.21. The van der Waals surface area contributed by atoms with E-state index in [1.54, 1.807) is 14.0 Å². The topological polar surface area (TPSA) is 62.7 Å². The van der Waals surface area contributed by atoms with Gasteiger partial charge in [-0.2, -0.15) is 0 Å². The minimum atomic E-state index is -0.220. The van der Waals surface area contributed by atoms with Crippen molar-refractivity contribution in [3.63, 3.8) is 0 Å². The third-order valence-electron chi connectivity index (χ3n) is 5.87. The van der Waals surface area contributed by atoms with Gasteiger partial charge in [-0.1, -0.05) is 45.6 Å². The standard InChI is InChI=1S/C28H39N3O2/c1-18(2)14-19(3)26(21(5)33-9)27(32)31-24-12-10-23(11-13-24)30-20(4)15-25-16-22(17-29-25)28(6,7)8/h10-14,22,30H,1,4,15-17H2,2-3,5-9H3,(H,31,32)/b19-14-,26-21-. The Kier molecular flexibility index (Phi) is 8.86. The number of aliphatic imine (C=N–C) groups is 1. The molecule has 1 heterocycles. The SMILES string of the molecule is C=C(C)/C=C(C)\C(C(=O)Nc1ccc(NC(=C)CC2=NCC(C(C)(C)C)C2)cc1)=C(/C)OC. The highest BCUT2D eigenvalue weighted by Gasteiger charge is 2.29. The molecular formula is C28H39N3O2. The van der Waals surface area contributed by atoms with Crippen molar-refractivity contribution in [2.75, 3.05) is 24.3 Å². The summed E-state index contributed by atoms with van der Waals surface area (Å²) < 4.78 is 5.34. The number of nitrogens with one attached hydrogen (secondary N) is 2. The number of hydrogen-bond donors (Lipinski definition) is 2. The molecule has 0 fully saturated rings. The van der Waals surface area contributed by atoms with Crippen LogP contribution in [0.1, 0.15) is 54.4 Å². The van der Waals surface area contributed by atoms with Gasteiger partial charge in [0, 0.05) is 35.7 Å². The van der Waals surface area contributed by atoms with Crippen LogP contribution in [0.4, 0.5) is 11.4 Å². The Hall–Kier alpha value is -3.08. The van der Waals surface area contributed by atoms with Crippen LogP contribution in [0.15, 0.2) is 76.7 Å². The lowest BCUT2D eigenvalue weighted by atomic mass is 9.79. The maximum Gasteiger partial charge on any atom is 0.259 e. The first kappa shape index (κ1) is 26.2. The highest BCUT2D eigenvalue weighted by Crippen LogP contribution is 2.33. The van der Waals surface area contributed by atoms with Crippen molar-refractivity contribution in [1.29, 1.82) is 0 Å². The van der Waals surface area contributed by atoms with E-state index in [0.717, 1.165) is 41.9 Å². The van der Waals surface area contributed by atoms with Gasteiger partial charge in [-0.25, -0.2) is 0 Å². The Labute approximate surface area is 199 Å². The van der Waals surface area contributed by atoms with Crippen molar-refractivity contribution in [1.82, 2.24) is 0 Å². The summed E-state index contributed by atoms with van der Waals surface area (Å²) in [5.74, 6) is 0.931. The van der Waals surface area contributed by atoms with Crippen LogP contribution in [0.2, 0.25) is 0 Å².